The zero-order valence-corrected chi connectivity index (χ0v) is 19.4. The van der Waals surface area contributed by atoms with E-state index in [0.29, 0.717) is 51.4 Å². The minimum absolute atomic E-state index is 0.0283. The van der Waals surface area contributed by atoms with Crippen LogP contribution in [-0.2, 0) is 9.84 Å². The molecular weight excluding hydrogens is 430 g/mol. The van der Waals surface area contributed by atoms with Gasteiger partial charge >= 0.3 is 0 Å². The Morgan fingerprint density at radius 2 is 1.72 bits per heavy atom. The molecule has 0 spiro atoms. The van der Waals surface area contributed by atoms with E-state index in [0.717, 1.165) is 28.6 Å². The molecule has 1 amide bonds. The number of nitrogens with zero attached hydrogens (tertiary/aromatic N) is 3. The third-order valence-corrected chi connectivity index (χ3v) is 8.52. The van der Waals surface area contributed by atoms with Gasteiger partial charge < -0.3 is 18.9 Å². The number of aryl methyl sites for hydroxylation is 1. The number of ether oxygens (including phenoxy) is 2. The quantitative estimate of drug-likeness (QED) is 0.697. The molecule has 8 nitrogen and oxygen atoms in total. The largest absolute Gasteiger partial charge is 0.486 e. The number of piperazine rings is 1. The summed E-state index contributed by atoms with van der Waals surface area (Å²) in [6.07, 6.45) is 0.701. The molecular formula is C23H29N3O5S. The highest BCUT2D eigenvalue weighted by Gasteiger charge is 2.35. The van der Waals surface area contributed by atoms with Crippen LogP contribution in [0.1, 0.15) is 28.2 Å². The predicted octanol–water partition coefficient (Wildman–Crippen LogP) is 1.81. The number of benzene rings is 1. The normalized spacial score (nSPS) is 22.8. The lowest BCUT2D eigenvalue weighted by atomic mass is 10.1. The third kappa shape index (κ3) is 3.88. The molecule has 0 N–H and O–H groups in total. The van der Waals surface area contributed by atoms with Gasteiger partial charge in [-0.15, -0.1) is 0 Å². The summed E-state index contributed by atoms with van der Waals surface area (Å²) in [4.78, 5) is 17.4. The number of hydrogen-bond acceptors (Lipinski definition) is 6. The van der Waals surface area contributed by atoms with E-state index >= 15 is 0 Å². The predicted molar refractivity (Wildman–Crippen MR) is 121 cm³/mol. The van der Waals surface area contributed by atoms with Gasteiger partial charge in [0, 0.05) is 55.4 Å². The Bertz CT molecular complexity index is 1150. The van der Waals surface area contributed by atoms with Crippen LogP contribution >= 0.6 is 0 Å². The van der Waals surface area contributed by atoms with Gasteiger partial charge in [-0.1, -0.05) is 0 Å². The first kappa shape index (κ1) is 21.3. The number of carbonyl (C=O) groups excluding carboxylic acids is 1. The monoisotopic (exact) mass is 459 g/mol. The minimum Gasteiger partial charge on any atom is -0.486 e. The number of rotatable bonds is 3. The van der Waals surface area contributed by atoms with Gasteiger partial charge in [-0.2, -0.15) is 0 Å². The van der Waals surface area contributed by atoms with Crippen LogP contribution in [0.4, 0.5) is 0 Å². The van der Waals surface area contributed by atoms with Crippen LogP contribution in [0.25, 0.3) is 5.69 Å². The van der Waals surface area contributed by atoms with Crippen molar-refractivity contribution in [1.82, 2.24) is 14.4 Å². The molecule has 3 aliphatic heterocycles. The summed E-state index contributed by atoms with van der Waals surface area (Å²) in [6, 6.07) is 7.89. The number of fused-ring (bicyclic) bond motifs is 1. The lowest BCUT2D eigenvalue weighted by Crippen LogP contribution is -2.52. The molecule has 172 valence electrons. The minimum atomic E-state index is -2.90. The first-order valence-corrected chi connectivity index (χ1v) is 13.0. The fourth-order valence-electron chi connectivity index (χ4n) is 5.07. The van der Waals surface area contributed by atoms with E-state index in [2.05, 4.69) is 9.47 Å². The van der Waals surface area contributed by atoms with Crippen LogP contribution < -0.4 is 9.47 Å². The lowest BCUT2D eigenvalue weighted by Gasteiger charge is -2.37. The number of amides is 1. The zero-order chi connectivity index (χ0) is 22.5. The van der Waals surface area contributed by atoms with Crippen molar-refractivity contribution in [3.05, 3.63) is 41.2 Å². The van der Waals surface area contributed by atoms with Crippen LogP contribution in [0.2, 0.25) is 0 Å². The highest BCUT2D eigenvalue weighted by Crippen LogP contribution is 2.33. The van der Waals surface area contributed by atoms with E-state index in [1.165, 1.54) is 0 Å². The molecule has 1 aromatic heterocycles. The highest BCUT2D eigenvalue weighted by atomic mass is 32.2. The van der Waals surface area contributed by atoms with Crippen molar-refractivity contribution in [3.8, 4) is 17.2 Å². The van der Waals surface area contributed by atoms with E-state index < -0.39 is 9.84 Å². The van der Waals surface area contributed by atoms with Crippen LogP contribution in [0.5, 0.6) is 11.5 Å². The molecule has 2 aromatic rings. The molecule has 2 fully saturated rings. The maximum atomic E-state index is 13.3. The van der Waals surface area contributed by atoms with Crippen LogP contribution in [0.15, 0.2) is 24.3 Å². The summed E-state index contributed by atoms with van der Waals surface area (Å²) in [6.45, 7) is 7.71. The standard InChI is InChI=1S/C23H29N3O5S/c1-16-13-20(17(2)26(16)18-3-4-21-22(14-18)31-11-10-30-21)23(27)25-8-6-24(7-9-25)19-5-12-32(28,29)15-19/h3-4,13-14,19H,5-12,15H2,1-2H3. The Morgan fingerprint density at radius 3 is 2.41 bits per heavy atom. The van der Waals surface area contributed by atoms with E-state index in [9.17, 15) is 13.2 Å². The molecule has 0 aliphatic carbocycles. The smallest absolute Gasteiger partial charge is 0.255 e. The van der Waals surface area contributed by atoms with Crippen molar-refractivity contribution in [2.45, 2.75) is 26.3 Å². The number of aromatic nitrogens is 1. The second-order valence-corrected chi connectivity index (χ2v) is 11.1. The van der Waals surface area contributed by atoms with E-state index in [-0.39, 0.29) is 23.5 Å². The van der Waals surface area contributed by atoms with Crippen LogP contribution in [0, 0.1) is 13.8 Å². The maximum absolute atomic E-state index is 13.3. The highest BCUT2D eigenvalue weighted by molar-refractivity contribution is 7.91. The Balaban J connectivity index is 1.31. The van der Waals surface area contributed by atoms with Crippen LogP contribution in [-0.4, -0.2) is 85.6 Å². The fourth-order valence-corrected chi connectivity index (χ4v) is 6.83. The summed E-state index contributed by atoms with van der Waals surface area (Å²) >= 11 is 0. The molecule has 1 atom stereocenters. The van der Waals surface area contributed by atoms with Crippen molar-refractivity contribution >= 4 is 15.7 Å². The topological polar surface area (TPSA) is 81.1 Å². The van der Waals surface area contributed by atoms with Crippen molar-refractivity contribution in [1.29, 1.82) is 0 Å². The maximum Gasteiger partial charge on any atom is 0.255 e. The molecule has 9 heteroatoms. The van der Waals surface area contributed by atoms with Gasteiger partial charge in [-0.05, 0) is 38.5 Å². The summed E-state index contributed by atoms with van der Waals surface area (Å²) < 4.78 is 37.0. The van der Waals surface area contributed by atoms with Gasteiger partial charge in [-0.3, -0.25) is 9.69 Å². The van der Waals surface area contributed by atoms with E-state index in [1.54, 1.807) is 0 Å². The fraction of sp³-hybridized carbons (Fsp3) is 0.522. The molecule has 0 radical (unpaired) electrons. The Kier molecular flexibility index (Phi) is 5.41. The Morgan fingerprint density at radius 1 is 1.00 bits per heavy atom. The summed E-state index contributed by atoms with van der Waals surface area (Å²) in [5.74, 6) is 2.02. The van der Waals surface area contributed by atoms with Gasteiger partial charge in [0.1, 0.15) is 13.2 Å². The first-order chi connectivity index (χ1) is 15.3. The Hall–Kier alpha value is -2.52. The number of sulfone groups is 1. The Labute approximate surface area is 188 Å². The number of hydrogen-bond donors (Lipinski definition) is 0. The summed E-state index contributed by atoms with van der Waals surface area (Å²) in [5, 5.41) is 0. The zero-order valence-electron chi connectivity index (χ0n) is 18.5. The van der Waals surface area contributed by atoms with Gasteiger partial charge in [0.15, 0.2) is 21.3 Å². The average Bonchev–Trinajstić information content (AvgIpc) is 3.31. The second-order valence-electron chi connectivity index (χ2n) is 8.83. The molecule has 5 rings (SSSR count). The van der Waals surface area contributed by atoms with Gasteiger partial charge in [0.05, 0.1) is 17.1 Å². The van der Waals surface area contributed by atoms with Crippen molar-refractivity contribution in [2.75, 3.05) is 50.9 Å². The molecule has 32 heavy (non-hydrogen) atoms. The molecule has 1 aromatic carbocycles. The number of carbonyl (C=O) groups is 1. The van der Waals surface area contributed by atoms with E-state index in [4.69, 9.17) is 9.47 Å². The van der Waals surface area contributed by atoms with Crippen LogP contribution in [0.3, 0.4) is 0 Å². The molecule has 2 saturated heterocycles. The second kappa shape index (κ2) is 8.12. The molecule has 1 unspecified atom stereocenters. The van der Waals surface area contributed by atoms with Gasteiger partial charge in [-0.25, -0.2) is 8.42 Å². The molecule has 4 heterocycles. The third-order valence-electron chi connectivity index (χ3n) is 6.77. The van der Waals surface area contributed by atoms with Crippen molar-refractivity contribution < 1.29 is 22.7 Å². The van der Waals surface area contributed by atoms with Gasteiger partial charge in [0.2, 0.25) is 0 Å². The van der Waals surface area contributed by atoms with E-state index in [1.807, 2.05) is 43.0 Å². The molecule has 0 saturated carbocycles. The summed E-state index contributed by atoms with van der Waals surface area (Å²) in [5.41, 5.74) is 3.52. The van der Waals surface area contributed by atoms with Gasteiger partial charge in [0.25, 0.3) is 5.91 Å². The average molecular weight is 460 g/mol. The first-order valence-electron chi connectivity index (χ1n) is 11.1. The SMILES string of the molecule is Cc1cc(C(=O)N2CCN(C3CCS(=O)(=O)C3)CC2)c(C)n1-c1ccc2c(c1)OCCO2. The van der Waals surface area contributed by atoms with Crippen molar-refractivity contribution in [3.63, 3.8) is 0 Å². The lowest BCUT2D eigenvalue weighted by molar-refractivity contribution is 0.0587. The molecule has 3 aliphatic rings. The molecule has 0 bridgehead atoms. The van der Waals surface area contributed by atoms with Crippen molar-refractivity contribution in [2.24, 2.45) is 0 Å². The summed E-state index contributed by atoms with van der Waals surface area (Å²) in [7, 11) is -2.90.